The molecule has 0 aliphatic rings. The zero-order valence-electron chi connectivity index (χ0n) is 13.3. The fraction of sp³-hybridized carbons (Fsp3) is 0.647. The van der Waals surface area contributed by atoms with Crippen molar-refractivity contribution in [3.63, 3.8) is 0 Å². The maximum atomic E-state index is 12.6. The molecule has 4 heteroatoms. The number of benzene rings is 1. The van der Waals surface area contributed by atoms with Gasteiger partial charge in [-0.05, 0) is 36.0 Å². The van der Waals surface area contributed by atoms with Gasteiger partial charge in [0.25, 0.3) is 0 Å². The first-order valence-corrected chi connectivity index (χ1v) is 7.56. The van der Waals surface area contributed by atoms with Gasteiger partial charge in [0.15, 0.2) is 0 Å². The Labute approximate surface area is 125 Å². The zero-order valence-corrected chi connectivity index (χ0v) is 13.3. The SMILES string of the molecule is CCCC(C)(CNC(C)C)Cc1ccc(C(F)(F)F)cc1. The maximum Gasteiger partial charge on any atom is 0.416 e. The van der Waals surface area contributed by atoms with E-state index in [-0.39, 0.29) is 5.41 Å². The molecule has 0 radical (unpaired) electrons. The second-order valence-corrected chi connectivity index (χ2v) is 6.47. The third kappa shape index (κ3) is 6.08. The van der Waals surface area contributed by atoms with Crippen molar-refractivity contribution in [2.24, 2.45) is 5.41 Å². The van der Waals surface area contributed by atoms with Crippen LogP contribution in [0.5, 0.6) is 0 Å². The van der Waals surface area contributed by atoms with E-state index in [4.69, 9.17) is 0 Å². The minimum atomic E-state index is -4.26. The van der Waals surface area contributed by atoms with Crippen molar-refractivity contribution in [3.8, 4) is 0 Å². The second-order valence-electron chi connectivity index (χ2n) is 6.47. The van der Waals surface area contributed by atoms with Crippen LogP contribution in [0.4, 0.5) is 13.2 Å². The van der Waals surface area contributed by atoms with Crippen LogP contribution in [0.3, 0.4) is 0 Å². The molecule has 1 N–H and O–H groups in total. The van der Waals surface area contributed by atoms with Crippen LogP contribution in [-0.2, 0) is 12.6 Å². The van der Waals surface area contributed by atoms with Crippen molar-refractivity contribution in [1.82, 2.24) is 5.32 Å². The molecule has 120 valence electrons. The van der Waals surface area contributed by atoms with Crippen LogP contribution in [0, 0.1) is 5.41 Å². The molecule has 1 aromatic carbocycles. The van der Waals surface area contributed by atoms with Crippen molar-refractivity contribution >= 4 is 0 Å². The fourth-order valence-corrected chi connectivity index (χ4v) is 2.60. The Hall–Kier alpha value is -1.03. The van der Waals surface area contributed by atoms with Crippen molar-refractivity contribution in [2.75, 3.05) is 6.54 Å². The molecule has 0 aromatic heterocycles. The number of hydrogen-bond acceptors (Lipinski definition) is 1. The minimum absolute atomic E-state index is 0.0682. The van der Waals surface area contributed by atoms with E-state index < -0.39 is 11.7 Å². The molecule has 0 fully saturated rings. The highest BCUT2D eigenvalue weighted by Gasteiger charge is 2.30. The van der Waals surface area contributed by atoms with Gasteiger partial charge >= 0.3 is 6.18 Å². The van der Waals surface area contributed by atoms with Crippen LogP contribution < -0.4 is 5.32 Å². The van der Waals surface area contributed by atoms with Crippen LogP contribution in [-0.4, -0.2) is 12.6 Å². The lowest BCUT2D eigenvalue weighted by molar-refractivity contribution is -0.137. The smallest absolute Gasteiger partial charge is 0.314 e. The normalized spacial score (nSPS) is 15.2. The number of hydrogen-bond donors (Lipinski definition) is 1. The van der Waals surface area contributed by atoms with Gasteiger partial charge in [-0.25, -0.2) is 0 Å². The van der Waals surface area contributed by atoms with Crippen LogP contribution in [0.25, 0.3) is 0 Å². The molecule has 1 nitrogen and oxygen atoms in total. The molecule has 21 heavy (non-hydrogen) atoms. The molecule has 1 unspecified atom stereocenters. The summed E-state index contributed by atoms with van der Waals surface area (Å²) in [4.78, 5) is 0. The molecule has 0 amide bonds. The summed E-state index contributed by atoms with van der Waals surface area (Å²) in [5, 5.41) is 3.45. The molecular formula is C17H26F3N. The molecule has 0 aliphatic heterocycles. The van der Waals surface area contributed by atoms with Crippen LogP contribution in [0.1, 0.15) is 51.7 Å². The van der Waals surface area contributed by atoms with E-state index in [0.717, 1.165) is 31.4 Å². The Kier molecular flexibility index (Phi) is 6.26. The molecule has 0 saturated carbocycles. The van der Waals surface area contributed by atoms with Gasteiger partial charge in [0.1, 0.15) is 0 Å². The van der Waals surface area contributed by atoms with Gasteiger partial charge in [-0.15, -0.1) is 0 Å². The zero-order chi connectivity index (χ0) is 16.1. The van der Waals surface area contributed by atoms with Crippen LogP contribution in [0.2, 0.25) is 0 Å². The summed E-state index contributed by atoms with van der Waals surface area (Å²) < 4.78 is 37.7. The topological polar surface area (TPSA) is 12.0 Å². The van der Waals surface area contributed by atoms with E-state index in [1.54, 1.807) is 12.1 Å². The van der Waals surface area contributed by atoms with E-state index in [1.807, 2.05) is 0 Å². The van der Waals surface area contributed by atoms with Crippen molar-refractivity contribution in [2.45, 2.75) is 59.2 Å². The third-order valence-corrected chi connectivity index (χ3v) is 3.70. The summed E-state index contributed by atoms with van der Waals surface area (Å²) >= 11 is 0. The van der Waals surface area contributed by atoms with Crippen LogP contribution >= 0.6 is 0 Å². The van der Waals surface area contributed by atoms with Gasteiger partial charge in [-0.2, -0.15) is 13.2 Å². The van der Waals surface area contributed by atoms with Crippen molar-refractivity contribution in [3.05, 3.63) is 35.4 Å². The molecule has 0 heterocycles. The summed E-state index contributed by atoms with van der Waals surface area (Å²) in [6.45, 7) is 9.42. The summed E-state index contributed by atoms with van der Waals surface area (Å²) in [5.41, 5.74) is 0.451. The average Bonchev–Trinajstić information content (AvgIpc) is 2.36. The molecular weight excluding hydrogens is 275 g/mol. The monoisotopic (exact) mass is 301 g/mol. The lowest BCUT2D eigenvalue weighted by Crippen LogP contribution is -2.37. The lowest BCUT2D eigenvalue weighted by atomic mass is 9.79. The molecule has 1 atom stereocenters. The first-order valence-electron chi connectivity index (χ1n) is 7.56. The molecule has 0 bridgehead atoms. The Morgan fingerprint density at radius 2 is 1.67 bits per heavy atom. The van der Waals surface area contributed by atoms with E-state index in [9.17, 15) is 13.2 Å². The Bertz CT molecular complexity index is 423. The summed E-state index contributed by atoms with van der Waals surface area (Å²) in [6.07, 6.45) is -1.35. The van der Waals surface area contributed by atoms with Crippen molar-refractivity contribution in [1.29, 1.82) is 0 Å². The highest BCUT2D eigenvalue weighted by atomic mass is 19.4. The highest BCUT2D eigenvalue weighted by molar-refractivity contribution is 5.25. The Morgan fingerprint density at radius 1 is 1.10 bits per heavy atom. The predicted molar refractivity (Wildman–Crippen MR) is 81.3 cm³/mol. The van der Waals surface area contributed by atoms with Crippen LogP contribution in [0.15, 0.2) is 24.3 Å². The average molecular weight is 301 g/mol. The number of rotatable bonds is 7. The maximum absolute atomic E-state index is 12.6. The van der Waals surface area contributed by atoms with E-state index in [1.165, 1.54) is 12.1 Å². The number of alkyl halides is 3. The molecule has 0 saturated heterocycles. The van der Waals surface area contributed by atoms with Gasteiger partial charge in [0, 0.05) is 12.6 Å². The standard InChI is InChI=1S/C17H26F3N/c1-5-10-16(4,12-21-13(2)3)11-14-6-8-15(9-7-14)17(18,19)20/h6-9,13,21H,5,10-12H2,1-4H3. The van der Waals surface area contributed by atoms with E-state index in [2.05, 4.69) is 33.0 Å². The summed E-state index contributed by atoms with van der Waals surface area (Å²) in [7, 11) is 0. The number of halogens is 3. The minimum Gasteiger partial charge on any atom is -0.314 e. The summed E-state index contributed by atoms with van der Waals surface area (Å²) in [5.74, 6) is 0. The predicted octanol–water partition coefficient (Wildman–Crippen LogP) is 5.05. The Balaban J connectivity index is 2.79. The first-order chi connectivity index (χ1) is 9.66. The fourth-order valence-electron chi connectivity index (χ4n) is 2.60. The molecule has 0 aliphatic carbocycles. The molecule has 0 spiro atoms. The van der Waals surface area contributed by atoms with E-state index >= 15 is 0 Å². The van der Waals surface area contributed by atoms with Gasteiger partial charge in [0.05, 0.1) is 5.56 Å². The van der Waals surface area contributed by atoms with E-state index in [0.29, 0.717) is 6.04 Å². The van der Waals surface area contributed by atoms with Crippen molar-refractivity contribution < 1.29 is 13.2 Å². The van der Waals surface area contributed by atoms with Gasteiger partial charge in [0.2, 0.25) is 0 Å². The van der Waals surface area contributed by atoms with Gasteiger partial charge < -0.3 is 5.32 Å². The molecule has 1 rings (SSSR count). The van der Waals surface area contributed by atoms with Gasteiger partial charge in [-0.3, -0.25) is 0 Å². The largest absolute Gasteiger partial charge is 0.416 e. The molecule has 1 aromatic rings. The quantitative estimate of drug-likeness (QED) is 0.743. The third-order valence-electron chi connectivity index (χ3n) is 3.70. The first kappa shape index (κ1) is 18.0. The Morgan fingerprint density at radius 3 is 2.10 bits per heavy atom. The lowest BCUT2D eigenvalue weighted by Gasteiger charge is -2.31. The second kappa shape index (κ2) is 7.30. The highest BCUT2D eigenvalue weighted by Crippen LogP contribution is 2.31. The number of nitrogens with one attached hydrogen (secondary N) is 1. The summed E-state index contributed by atoms with van der Waals surface area (Å²) in [6, 6.07) is 5.97. The van der Waals surface area contributed by atoms with Gasteiger partial charge in [-0.1, -0.05) is 46.2 Å².